The second kappa shape index (κ2) is 8.86. The molecule has 0 aromatic heterocycles. The first kappa shape index (κ1) is 19.2. The molecular weight excluding hydrogens is 342 g/mol. The summed E-state index contributed by atoms with van der Waals surface area (Å²) in [5.74, 6) is -1.06. The van der Waals surface area contributed by atoms with Crippen LogP contribution >= 0.6 is 0 Å². The average Bonchev–Trinajstić information content (AvgIpc) is 3.17. The zero-order chi connectivity index (χ0) is 19.2. The highest BCUT2D eigenvalue weighted by Gasteiger charge is 2.36. The molecular formula is C21H27N3O3. The highest BCUT2D eigenvalue weighted by atomic mass is 16.4. The Hall–Kier alpha value is -2.60. The van der Waals surface area contributed by atoms with Gasteiger partial charge in [0.2, 0.25) is 5.91 Å². The van der Waals surface area contributed by atoms with E-state index < -0.39 is 18.1 Å². The van der Waals surface area contributed by atoms with Crippen molar-refractivity contribution < 1.29 is 14.7 Å². The largest absolute Gasteiger partial charge is 0.480 e. The summed E-state index contributed by atoms with van der Waals surface area (Å²) in [5, 5.41) is 15.0. The molecule has 3 rings (SSSR count). The summed E-state index contributed by atoms with van der Waals surface area (Å²) in [7, 11) is 0. The predicted molar refractivity (Wildman–Crippen MR) is 107 cm³/mol. The van der Waals surface area contributed by atoms with E-state index in [9.17, 15) is 14.7 Å². The van der Waals surface area contributed by atoms with Crippen molar-refractivity contribution in [2.75, 3.05) is 18.4 Å². The average molecular weight is 369 g/mol. The SMILES string of the molecule is NCCCC[C@H](Nc1ccc2ccccc2c1)C(=O)N1CCC[C@@H]1C(=O)O. The summed E-state index contributed by atoms with van der Waals surface area (Å²) in [5.41, 5.74) is 6.46. The molecule has 1 saturated heterocycles. The number of aliphatic carboxylic acids is 1. The van der Waals surface area contributed by atoms with Gasteiger partial charge in [0.25, 0.3) is 0 Å². The number of hydrogen-bond acceptors (Lipinski definition) is 4. The van der Waals surface area contributed by atoms with E-state index in [0.29, 0.717) is 25.9 Å². The van der Waals surface area contributed by atoms with Crippen molar-refractivity contribution in [2.24, 2.45) is 5.73 Å². The van der Waals surface area contributed by atoms with Gasteiger partial charge in [-0.25, -0.2) is 4.79 Å². The molecule has 6 nitrogen and oxygen atoms in total. The van der Waals surface area contributed by atoms with Crippen molar-refractivity contribution in [1.29, 1.82) is 0 Å². The number of unbranched alkanes of at least 4 members (excludes halogenated alkanes) is 1. The Morgan fingerprint density at radius 1 is 1.19 bits per heavy atom. The van der Waals surface area contributed by atoms with Gasteiger partial charge in [0.1, 0.15) is 12.1 Å². The number of nitrogens with two attached hydrogens (primary N) is 1. The van der Waals surface area contributed by atoms with Gasteiger partial charge < -0.3 is 21.1 Å². The lowest BCUT2D eigenvalue weighted by Crippen LogP contribution is -2.47. The van der Waals surface area contributed by atoms with Crippen molar-refractivity contribution in [3.8, 4) is 0 Å². The normalized spacial score (nSPS) is 17.8. The number of anilines is 1. The van der Waals surface area contributed by atoms with E-state index in [1.807, 2.05) is 42.5 Å². The number of carbonyl (C=O) groups excluding carboxylic acids is 1. The van der Waals surface area contributed by atoms with Gasteiger partial charge in [-0.2, -0.15) is 0 Å². The molecule has 0 unspecified atom stereocenters. The fraction of sp³-hybridized carbons (Fsp3) is 0.429. The van der Waals surface area contributed by atoms with Crippen molar-refractivity contribution in [1.82, 2.24) is 4.90 Å². The molecule has 4 N–H and O–H groups in total. The zero-order valence-electron chi connectivity index (χ0n) is 15.4. The number of likely N-dealkylation sites (tertiary alicyclic amines) is 1. The van der Waals surface area contributed by atoms with Crippen LogP contribution < -0.4 is 11.1 Å². The van der Waals surface area contributed by atoms with Gasteiger partial charge in [-0.15, -0.1) is 0 Å². The molecule has 144 valence electrons. The molecule has 0 radical (unpaired) electrons. The summed E-state index contributed by atoms with van der Waals surface area (Å²) in [4.78, 5) is 26.1. The Labute approximate surface area is 159 Å². The first-order valence-electron chi connectivity index (χ1n) is 9.59. The van der Waals surface area contributed by atoms with Crippen LogP contribution in [0.2, 0.25) is 0 Å². The number of carboxylic acid groups (broad SMARTS) is 1. The molecule has 1 aliphatic heterocycles. The lowest BCUT2D eigenvalue weighted by molar-refractivity contribution is -0.148. The van der Waals surface area contributed by atoms with Crippen LogP contribution in [0.15, 0.2) is 42.5 Å². The Bertz CT molecular complexity index is 808. The van der Waals surface area contributed by atoms with Crippen LogP contribution in [-0.4, -0.2) is 47.1 Å². The van der Waals surface area contributed by atoms with Crippen LogP contribution in [0, 0.1) is 0 Å². The van der Waals surface area contributed by atoms with Gasteiger partial charge in [0, 0.05) is 12.2 Å². The molecule has 27 heavy (non-hydrogen) atoms. The fourth-order valence-electron chi connectivity index (χ4n) is 3.72. The van der Waals surface area contributed by atoms with Crippen LogP contribution in [0.3, 0.4) is 0 Å². The molecule has 6 heteroatoms. The molecule has 1 amide bonds. The molecule has 2 aromatic rings. The Kier molecular flexibility index (Phi) is 6.29. The van der Waals surface area contributed by atoms with Crippen molar-refractivity contribution in [3.63, 3.8) is 0 Å². The van der Waals surface area contributed by atoms with Crippen molar-refractivity contribution in [3.05, 3.63) is 42.5 Å². The first-order chi connectivity index (χ1) is 13.1. The van der Waals surface area contributed by atoms with Crippen LogP contribution in [0.4, 0.5) is 5.69 Å². The number of nitrogens with zero attached hydrogens (tertiary/aromatic N) is 1. The highest BCUT2D eigenvalue weighted by Crippen LogP contribution is 2.23. The second-order valence-electron chi connectivity index (χ2n) is 7.07. The van der Waals surface area contributed by atoms with Crippen molar-refractivity contribution >= 4 is 28.3 Å². The predicted octanol–water partition coefficient (Wildman–Crippen LogP) is 2.82. The molecule has 2 atom stereocenters. The van der Waals surface area contributed by atoms with E-state index in [0.717, 1.165) is 35.7 Å². The quantitative estimate of drug-likeness (QED) is 0.622. The lowest BCUT2D eigenvalue weighted by atomic mass is 10.1. The number of nitrogens with one attached hydrogen (secondary N) is 1. The van der Waals surface area contributed by atoms with E-state index in [1.54, 1.807) is 0 Å². The third-order valence-corrected chi connectivity index (χ3v) is 5.16. The number of fused-ring (bicyclic) bond motifs is 1. The van der Waals surface area contributed by atoms with E-state index in [1.165, 1.54) is 4.90 Å². The summed E-state index contributed by atoms with van der Waals surface area (Å²) in [6.45, 7) is 1.08. The minimum absolute atomic E-state index is 0.134. The third kappa shape index (κ3) is 4.57. The topological polar surface area (TPSA) is 95.7 Å². The molecule has 0 saturated carbocycles. The monoisotopic (exact) mass is 369 g/mol. The lowest BCUT2D eigenvalue weighted by Gasteiger charge is -2.28. The van der Waals surface area contributed by atoms with E-state index in [-0.39, 0.29) is 5.91 Å². The molecule has 0 aliphatic carbocycles. The maximum atomic E-state index is 13.1. The van der Waals surface area contributed by atoms with Gasteiger partial charge in [-0.3, -0.25) is 4.79 Å². The van der Waals surface area contributed by atoms with Gasteiger partial charge in [-0.05, 0) is 61.6 Å². The zero-order valence-corrected chi connectivity index (χ0v) is 15.4. The Morgan fingerprint density at radius 2 is 1.96 bits per heavy atom. The molecule has 1 heterocycles. The van der Waals surface area contributed by atoms with Crippen LogP contribution in [0.5, 0.6) is 0 Å². The van der Waals surface area contributed by atoms with Gasteiger partial charge >= 0.3 is 5.97 Å². The third-order valence-electron chi connectivity index (χ3n) is 5.16. The van der Waals surface area contributed by atoms with Gasteiger partial charge in [-0.1, -0.05) is 30.3 Å². The summed E-state index contributed by atoms with van der Waals surface area (Å²) in [6.07, 6.45) is 3.54. The number of carbonyl (C=O) groups is 2. The van der Waals surface area contributed by atoms with Crippen molar-refractivity contribution in [2.45, 2.75) is 44.2 Å². The number of hydrogen-bond donors (Lipinski definition) is 3. The molecule has 0 spiro atoms. The van der Waals surface area contributed by atoms with E-state index in [2.05, 4.69) is 5.32 Å². The second-order valence-corrected chi connectivity index (χ2v) is 7.07. The number of benzene rings is 2. The summed E-state index contributed by atoms with van der Waals surface area (Å²) >= 11 is 0. The van der Waals surface area contributed by atoms with Gasteiger partial charge in [0.05, 0.1) is 0 Å². The minimum atomic E-state index is -0.924. The smallest absolute Gasteiger partial charge is 0.326 e. The maximum Gasteiger partial charge on any atom is 0.326 e. The number of carboxylic acids is 1. The molecule has 2 aromatic carbocycles. The number of rotatable bonds is 8. The summed E-state index contributed by atoms with van der Waals surface area (Å²) < 4.78 is 0. The maximum absolute atomic E-state index is 13.1. The first-order valence-corrected chi connectivity index (χ1v) is 9.59. The van der Waals surface area contributed by atoms with Crippen LogP contribution in [0.1, 0.15) is 32.1 Å². The van der Waals surface area contributed by atoms with Crippen LogP contribution in [0.25, 0.3) is 10.8 Å². The van der Waals surface area contributed by atoms with E-state index in [4.69, 9.17) is 5.73 Å². The summed E-state index contributed by atoms with van der Waals surface area (Å²) in [6, 6.07) is 12.9. The Balaban J connectivity index is 1.79. The molecule has 1 fully saturated rings. The minimum Gasteiger partial charge on any atom is -0.480 e. The van der Waals surface area contributed by atoms with Crippen LogP contribution in [-0.2, 0) is 9.59 Å². The standard InChI is InChI=1S/C21H27N3O3/c22-12-4-3-8-18(20(25)24-13-5-9-19(24)21(26)27)23-17-11-10-15-6-1-2-7-16(15)14-17/h1-2,6-7,10-11,14,18-19,23H,3-5,8-9,12-13,22H2,(H,26,27)/t18-,19+/m0/s1. The molecule has 1 aliphatic rings. The number of amides is 1. The Morgan fingerprint density at radius 3 is 2.70 bits per heavy atom. The fourth-order valence-corrected chi connectivity index (χ4v) is 3.72. The van der Waals surface area contributed by atoms with E-state index >= 15 is 0 Å². The highest BCUT2D eigenvalue weighted by molar-refractivity contribution is 5.91. The van der Waals surface area contributed by atoms with Gasteiger partial charge in [0.15, 0.2) is 0 Å². The molecule has 0 bridgehead atoms.